The van der Waals surface area contributed by atoms with E-state index in [-0.39, 0.29) is 5.54 Å². The van der Waals surface area contributed by atoms with Crippen molar-refractivity contribution in [1.82, 2.24) is 20.4 Å². The maximum absolute atomic E-state index is 4.45. The van der Waals surface area contributed by atoms with Gasteiger partial charge < -0.3 is 15.5 Å². The summed E-state index contributed by atoms with van der Waals surface area (Å²) >= 11 is 0. The molecule has 0 saturated carbocycles. The number of nitrogens with one attached hydrogen (secondary N) is 2. The highest BCUT2D eigenvalue weighted by Crippen LogP contribution is 2.20. The van der Waals surface area contributed by atoms with E-state index in [2.05, 4.69) is 46.2 Å². The normalized spacial score (nSPS) is 24.9. The molecule has 0 amide bonds. The van der Waals surface area contributed by atoms with Gasteiger partial charge in [0.1, 0.15) is 0 Å². The minimum atomic E-state index is 0.180. The first-order chi connectivity index (χ1) is 9.99. The Hall–Kier alpha value is -0.810. The molecular weight excluding hydrogens is 262 g/mol. The van der Waals surface area contributed by atoms with Gasteiger partial charge in [-0.05, 0) is 53.1 Å². The van der Waals surface area contributed by atoms with E-state index >= 15 is 0 Å². The van der Waals surface area contributed by atoms with E-state index in [1.807, 2.05) is 7.05 Å². The highest BCUT2D eigenvalue weighted by atomic mass is 15.3. The minimum absolute atomic E-state index is 0.180. The van der Waals surface area contributed by atoms with Gasteiger partial charge >= 0.3 is 0 Å². The summed E-state index contributed by atoms with van der Waals surface area (Å²) < 4.78 is 0. The molecule has 0 radical (unpaired) electrons. The SMILES string of the molecule is CN=C(NCCNC(C)(C)C)N1CCC(N2CCCC2)C1. The molecule has 0 aromatic carbocycles. The summed E-state index contributed by atoms with van der Waals surface area (Å²) in [5.41, 5.74) is 0.180. The van der Waals surface area contributed by atoms with Crippen LogP contribution in [0.4, 0.5) is 0 Å². The Kier molecular flexibility index (Phi) is 5.88. The zero-order valence-corrected chi connectivity index (χ0v) is 14.3. The number of hydrogen-bond donors (Lipinski definition) is 2. The van der Waals surface area contributed by atoms with Crippen LogP contribution in [0.15, 0.2) is 4.99 Å². The van der Waals surface area contributed by atoms with Crippen LogP contribution in [-0.4, -0.2) is 73.7 Å². The van der Waals surface area contributed by atoms with E-state index < -0.39 is 0 Å². The number of likely N-dealkylation sites (tertiary alicyclic amines) is 2. The number of nitrogens with zero attached hydrogens (tertiary/aromatic N) is 3. The highest BCUT2D eigenvalue weighted by Gasteiger charge is 2.30. The summed E-state index contributed by atoms with van der Waals surface area (Å²) in [5, 5.41) is 6.99. The summed E-state index contributed by atoms with van der Waals surface area (Å²) in [6.07, 6.45) is 4.03. The van der Waals surface area contributed by atoms with Crippen LogP contribution in [0.5, 0.6) is 0 Å². The quantitative estimate of drug-likeness (QED) is 0.463. The van der Waals surface area contributed by atoms with Crippen molar-refractivity contribution < 1.29 is 0 Å². The second-order valence-electron chi connectivity index (χ2n) is 7.28. The summed E-state index contributed by atoms with van der Waals surface area (Å²) in [6, 6.07) is 0.735. The Bertz CT molecular complexity index is 341. The smallest absolute Gasteiger partial charge is 0.193 e. The molecule has 5 heteroatoms. The molecule has 0 spiro atoms. The average molecular weight is 295 g/mol. The molecule has 0 aromatic heterocycles. The van der Waals surface area contributed by atoms with Crippen molar-refractivity contribution in [3.05, 3.63) is 0 Å². The third kappa shape index (κ3) is 5.15. The first-order valence-corrected chi connectivity index (χ1v) is 8.44. The first kappa shape index (κ1) is 16.6. The first-order valence-electron chi connectivity index (χ1n) is 8.44. The van der Waals surface area contributed by atoms with Crippen LogP contribution in [0.2, 0.25) is 0 Å². The molecule has 5 nitrogen and oxygen atoms in total. The summed E-state index contributed by atoms with van der Waals surface area (Å²) in [4.78, 5) is 9.53. The fourth-order valence-electron chi connectivity index (χ4n) is 3.28. The lowest BCUT2D eigenvalue weighted by Crippen LogP contribution is -2.46. The highest BCUT2D eigenvalue weighted by molar-refractivity contribution is 5.80. The van der Waals surface area contributed by atoms with Crippen molar-refractivity contribution in [2.24, 2.45) is 4.99 Å². The van der Waals surface area contributed by atoms with Crippen molar-refractivity contribution in [1.29, 1.82) is 0 Å². The van der Waals surface area contributed by atoms with E-state index in [1.54, 1.807) is 0 Å². The van der Waals surface area contributed by atoms with E-state index in [9.17, 15) is 0 Å². The molecule has 2 fully saturated rings. The summed E-state index contributed by atoms with van der Waals surface area (Å²) in [5.74, 6) is 1.06. The van der Waals surface area contributed by atoms with Gasteiger partial charge in [-0.25, -0.2) is 0 Å². The Morgan fingerprint density at radius 1 is 1.14 bits per heavy atom. The zero-order chi connectivity index (χ0) is 15.3. The lowest BCUT2D eigenvalue weighted by molar-refractivity contribution is 0.249. The summed E-state index contributed by atoms with van der Waals surface area (Å²) in [6.45, 7) is 13.3. The Balaban J connectivity index is 1.72. The number of hydrogen-bond acceptors (Lipinski definition) is 3. The van der Waals surface area contributed by atoms with Crippen LogP contribution in [0.25, 0.3) is 0 Å². The average Bonchev–Trinajstić information content (AvgIpc) is 3.08. The van der Waals surface area contributed by atoms with Gasteiger partial charge in [-0.15, -0.1) is 0 Å². The van der Waals surface area contributed by atoms with E-state index in [0.717, 1.165) is 38.2 Å². The number of rotatable bonds is 4. The predicted octanol–water partition coefficient (Wildman–Crippen LogP) is 1.12. The Morgan fingerprint density at radius 2 is 1.86 bits per heavy atom. The van der Waals surface area contributed by atoms with Crippen LogP contribution >= 0.6 is 0 Å². The van der Waals surface area contributed by atoms with E-state index in [4.69, 9.17) is 0 Å². The van der Waals surface area contributed by atoms with Crippen LogP contribution in [0.3, 0.4) is 0 Å². The molecule has 2 heterocycles. The molecule has 0 bridgehead atoms. The van der Waals surface area contributed by atoms with Crippen molar-refractivity contribution in [3.63, 3.8) is 0 Å². The molecule has 0 aromatic rings. The molecule has 1 unspecified atom stereocenters. The van der Waals surface area contributed by atoms with Gasteiger partial charge in [-0.2, -0.15) is 0 Å². The fraction of sp³-hybridized carbons (Fsp3) is 0.938. The third-order valence-electron chi connectivity index (χ3n) is 4.40. The molecule has 0 aliphatic carbocycles. The molecule has 1 atom stereocenters. The van der Waals surface area contributed by atoms with Crippen molar-refractivity contribution in [2.75, 3.05) is 46.3 Å². The zero-order valence-electron chi connectivity index (χ0n) is 14.3. The van der Waals surface area contributed by atoms with E-state index in [0.29, 0.717) is 0 Å². The molecule has 2 N–H and O–H groups in total. The van der Waals surface area contributed by atoms with Crippen LogP contribution in [0.1, 0.15) is 40.0 Å². The van der Waals surface area contributed by atoms with Gasteiger partial charge in [0.05, 0.1) is 0 Å². The van der Waals surface area contributed by atoms with Gasteiger partial charge in [0.25, 0.3) is 0 Å². The van der Waals surface area contributed by atoms with Gasteiger partial charge in [0.2, 0.25) is 0 Å². The molecular formula is C16H33N5. The standard InChI is InChI=1S/C16H33N5/c1-16(2,3)19-9-8-18-15(17-4)21-12-7-14(13-21)20-10-5-6-11-20/h14,19H,5-13H2,1-4H3,(H,17,18). The lowest BCUT2D eigenvalue weighted by atomic mass is 10.1. The Morgan fingerprint density at radius 3 is 2.48 bits per heavy atom. The summed E-state index contributed by atoms with van der Waals surface area (Å²) in [7, 11) is 1.89. The molecule has 2 rings (SSSR count). The monoisotopic (exact) mass is 295 g/mol. The van der Waals surface area contributed by atoms with Crippen LogP contribution in [-0.2, 0) is 0 Å². The molecule has 2 aliphatic heterocycles. The third-order valence-corrected chi connectivity index (χ3v) is 4.40. The maximum Gasteiger partial charge on any atom is 0.193 e. The van der Waals surface area contributed by atoms with Gasteiger partial charge in [-0.3, -0.25) is 9.89 Å². The number of aliphatic imine (C=N–C) groups is 1. The topological polar surface area (TPSA) is 42.9 Å². The van der Waals surface area contributed by atoms with Crippen molar-refractivity contribution in [3.8, 4) is 0 Å². The van der Waals surface area contributed by atoms with Crippen molar-refractivity contribution in [2.45, 2.75) is 51.6 Å². The molecule has 2 aliphatic rings. The van der Waals surface area contributed by atoms with Crippen molar-refractivity contribution >= 4 is 5.96 Å². The largest absolute Gasteiger partial charge is 0.355 e. The lowest BCUT2D eigenvalue weighted by Gasteiger charge is -2.26. The molecule has 122 valence electrons. The van der Waals surface area contributed by atoms with E-state index in [1.165, 1.54) is 32.4 Å². The number of guanidine groups is 1. The second kappa shape index (κ2) is 7.45. The second-order valence-corrected chi connectivity index (χ2v) is 7.28. The fourth-order valence-corrected chi connectivity index (χ4v) is 3.28. The van der Waals surface area contributed by atoms with Crippen LogP contribution in [0, 0.1) is 0 Å². The molecule has 21 heavy (non-hydrogen) atoms. The molecule has 2 saturated heterocycles. The van der Waals surface area contributed by atoms with Gasteiger partial charge in [0, 0.05) is 44.8 Å². The minimum Gasteiger partial charge on any atom is -0.355 e. The van der Waals surface area contributed by atoms with Gasteiger partial charge in [0.15, 0.2) is 5.96 Å². The maximum atomic E-state index is 4.45. The Labute approximate surface area is 130 Å². The van der Waals surface area contributed by atoms with Gasteiger partial charge in [-0.1, -0.05) is 0 Å². The van der Waals surface area contributed by atoms with Crippen LogP contribution < -0.4 is 10.6 Å². The predicted molar refractivity (Wildman–Crippen MR) is 89.9 cm³/mol.